The normalized spacial score (nSPS) is 11.0. The van der Waals surface area contributed by atoms with Crippen LogP contribution in [0.2, 0.25) is 0 Å². The third-order valence-electron chi connectivity index (χ3n) is 4.59. The molecule has 152 valence electrons. The summed E-state index contributed by atoms with van der Waals surface area (Å²) in [5.74, 6) is 0.554. The minimum absolute atomic E-state index is 0.0680. The monoisotopic (exact) mass is 394 g/mol. The van der Waals surface area contributed by atoms with Gasteiger partial charge in [-0.05, 0) is 50.3 Å². The highest BCUT2D eigenvalue weighted by atomic mass is 16.5. The number of para-hydroxylation sites is 1. The average Bonchev–Trinajstić information content (AvgIpc) is 2.70. The van der Waals surface area contributed by atoms with Crippen molar-refractivity contribution in [1.82, 2.24) is 19.8 Å². The van der Waals surface area contributed by atoms with E-state index in [0.29, 0.717) is 24.1 Å². The summed E-state index contributed by atoms with van der Waals surface area (Å²) in [6.45, 7) is 3.69. The van der Waals surface area contributed by atoms with Gasteiger partial charge in [-0.3, -0.25) is 14.2 Å². The molecule has 0 aliphatic rings. The highest BCUT2D eigenvalue weighted by Gasteiger charge is 2.09. The first kappa shape index (κ1) is 20.5. The van der Waals surface area contributed by atoms with E-state index in [1.807, 2.05) is 57.4 Å². The van der Waals surface area contributed by atoms with Crippen molar-refractivity contribution in [2.24, 2.45) is 0 Å². The van der Waals surface area contributed by atoms with Crippen LogP contribution >= 0.6 is 0 Å². The first-order chi connectivity index (χ1) is 13.9. The number of amides is 1. The van der Waals surface area contributed by atoms with Gasteiger partial charge in [0.25, 0.3) is 5.56 Å². The van der Waals surface area contributed by atoms with Gasteiger partial charge in [0.05, 0.1) is 17.2 Å². The third kappa shape index (κ3) is 5.42. The topological polar surface area (TPSA) is 76.5 Å². The molecule has 0 aliphatic carbocycles. The number of carbonyl (C=O) groups is 1. The molecule has 1 amide bonds. The number of hydrogen-bond acceptors (Lipinski definition) is 5. The first-order valence-electron chi connectivity index (χ1n) is 9.52. The number of aromatic nitrogens is 2. The van der Waals surface area contributed by atoms with E-state index in [9.17, 15) is 9.59 Å². The summed E-state index contributed by atoms with van der Waals surface area (Å²) in [7, 11) is 4.00. The predicted molar refractivity (Wildman–Crippen MR) is 113 cm³/mol. The number of hydrogen-bond donors (Lipinski definition) is 1. The van der Waals surface area contributed by atoms with Crippen LogP contribution < -0.4 is 15.6 Å². The van der Waals surface area contributed by atoms with Crippen molar-refractivity contribution >= 4 is 16.8 Å². The van der Waals surface area contributed by atoms with Crippen LogP contribution in [0.15, 0.2) is 53.6 Å². The molecule has 3 aromatic rings. The van der Waals surface area contributed by atoms with Gasteiger partial charge in [0.15, 0.2) is 0 Å². The van der Waals surface area contributed by atoms with Crippen LogP contribution in [0, 0.1) is 6.92 Å². The Bertz CT molecular complexity index is 1040. The Kier molecular flexibility index (Phi) is 6.61. The van der Waals surface area contributed by atoms with Crippen LogP contribution in [-0.2, 0) is 17.9 Å². The van der Waals surface area contributed by atoms with Gasteiger partial charge in [-0.2, -0.15) is 0 Å². The highest BCUT2D eigenvalue weighted by molar-refractivity contribution is 5.81. The highest BCUT2D eigenvalue weighted by Crippen LogP contribution is 2.12. The van der Waals surface area contributed by atoms with Gasteiger partial charge in [0, 0.05) is 13.1 Å². The molecule has 0 saturated heterocycles. The summed E-state index contributed by atoms with van der Waals surface area (Å²) in [6.07, 6.45) is 1.43. The van der Waals surface area contributed by atoms with Gasteiger partial charge in [-0.25, -0.2) is 4.98 Å². The molecule has 0 atom stereocenters. The van der Waals surface area contributed by atoms with Crippen LogP contribution in [-0.4, -0.2) is 47.6 Å². The standard InChI is InChI=1S/C22H26N4O3/c1-16-5-4-6-19-21(16)24-15-26(22(19)28)14-20(27)23-13-17-7-9-18(10-8-17)29-12-11-25(2)3/h4-10,15H,11-14H2,1-3H3,(H,23,27). The number of likely N-dealkylation sites (N-methyl/N-ethyl adjacent to an activating group) is 1. The molecule has 0 bridgehead atoms. The molecule has 0 unspecified atom stereocenters. The van der Waals surface area contributed by atoms with Crippen LogP contribution in [0.4, 0.5) is 0 Å². The van der Waals surface area contributed by atoms with E-state index in [4.69, 9.17) is 4.74 Å². The lowest BCUT2D eigenvalue weighted by molar-refractivity contribution is -0.121. The second-order valence-electron chi connectivity index (χ2n) is 7.22. The second kappa shape index (κ2) is 9.34. The largest absolute Gasteiger partial charge is 0.492 e. The van der Waals surface area contributed by atoms with E-state index < -0.39 is 0 Å². The lowest BCUT2D eigenvalue weighted by Crippen LogP contribution is -2.32. The third-order valence-corrected chi connectivity index (χ3v) is 4.59. The Morgan fingerprint density at radius 2 is 1.93 bits per heavy atom. The molecule has 0 aliphatic heterocycles. The van der Waals surface area contributed by atoms with Crippen molar-refractivity contribution in [1.29, 1.82) is 0 Å². The molecule has 1 heterocycles. The Morgan fingerprint density at radius 3 is 2.66 bits per heavy atom. The average molecular weight is 394 g/mol. The zero-order valence-corrected chi connectivity index (χ0v) is 17.0. The van der Waals surface area contributed by atoms with Crippen molar-refractivity contribution in [3.8, 4) is 5.75 Å². The second-order valence-corrected chi connectivity index (χ2v) is 7.22. The van der Waals surface area contributed by atoms with E-state index in [0.717, 1.165) is 23.4 Å². The maximum Gasteiger partial charge on any atom is 0.261 e. The molecule has 1 aromatic heterocycles. The van der Waals surface area contributed by atoms with Crippen molar-refractivity contribution in [3.05, 3.63) is 70.3 Å². The molecule has 0 spiro atoms. The van der Waals surface area contributed by atoms with Crippen molar-refractivity contribution < 1.29 is 9.53 Å². The molecule has 1 N–H and O–H groups in total. The predicted octanol–water partition coefficient (Wildman–Crippen LogP) is 1.96. The van der Waals surface area contributed by atoms with Crippen molar-refractivity contribution in [2.75, 3.05) is 27.2 Å². The number of carbonyl (C=O) groups excluding carboxylic acids is 1. The number of fused-ring (bicyclic) bond motifs is 1. The fourth-order valence-electron chi connectivity index (χ4n) is 2.91. The van der Waals surface area contributed by atoms with Crippen molar-refractivity contribution in [3.63, 3.8) is 0 Å². The molecular weight excluding hydrogens is 368 g/mol. The van der Waals surface area contributed by atoms with Gasteiger partial charge in [-0.15, -0.1) is 0 Å². The maximum atomic E-state index is 12.6. The molecule has 3 rings (SSSR count). The molecule has 7 nitrogen and oxygen atoms in total. The Morgan fingerprint density at radius 1 is 1.17 bits per heavy atom. The molecular formula is C22H26N4O3. The summed E-state index contributed by atoms with van der Waals surface area (Å²) in [6, 6.07) is 13.1. The zero-order valence-electron chi connectivity index (χ0n) is 17.0. The number of rotatable bonds is 8. The molecule has 7 heteroatoms. The minimum Gasteiger partial charge on any atom is -0.492 e. The van der Waals surface area contributed by atoms with E-state index >= 15 is 0 Å². The summed E-state index contributed by atoms with van der Waals surface area (Å²) in [5.41, 5.74) is 2.35. The Labute approximate surface area is 169 Å². The maximum absolute atomic E-state index is 12.6. The van der Waals surface area contributed by atoms with Crippen LogP contribution in [0.3, 0.4) is 0 Å². The number of aryl methyl sites for hydroxylation is 1. The van der Waals surface area contributed by atoms with E-state index in [1.54, 1.807) is 6.07 Å². The molecule has 0 radical (unpaired) electrons. The number of nitrogens with one attached hydrogen (secondary N) is 1. The molecule has 2 aromatic carbocycles. The quantitative estimate of drug-likeness (QED) is 0.632. The minimum atomic E-state index is -0.243. The van der Waals surface area contributed by atoms with Crippen molar-refractivity contribution in [2.45, 2.75) is 20.0 Å². The van der Waals surface area contributed by atoms with Gasteiger partial charge in [0.2, 0.25) is 5.91 Å². The summed E-state index contributed by atoms with van der Waals surface area (Å²) in [4.78, 5) is 31.2. The molecule has 29 heavy (non-hydrogen) atoms. The van der Waals surface area contributed by atoms with E-state index in [2.05, 4.69) is 15.2 Å². The fourth-order valence-corrected chi connectivity index (χ4v) is 2.91. The molecule has 0 saturated carbocycles. The van der Waals surface area contributed by atoms with Gasteiger partial charge in [0.1, 0.15) is 18.9 Å². The molecule has 0 fully saturated rings. The van der Waals surface area contributed by atoms with Gasteiger partial charge < -0.3 is 15.0 Å². The van der Waals surface area contributed by atoms with Crippen LogP contribution in [0.5, 0.6) is 5.75 Å². The summed E-state index contributed by atoms with van der Waals surface area (Å²) < 4.78 is 6.99. The number of benzene rings is 2. The lowest BCUT2D eigenvalue weighted by Gasteiger charge is -2.11. The zero-order chi connectivity index (χ0) is 20.8. The Hall–Kier alpha value is -3.19. The lowest BCUT2D eigenvalue weighted by atomic mass is 10.1. The fraction of sp³-hybridized carbons (Fsp3) is 0.318. The van der Waals surface area contributed by atoms with E-state index in [-0.39, 0.29) is 18.0 Å². The first-order valence-corrected chi connectivity index (χ1v) is 9.52. The summed E-state index contributed by atoms with van der Waals surface area (Å²) >= 11 is 0. The number of ether oxygens (including phenoxy) is 1. The summed E-state index contributed by atoms with van der Waals surface area (Å²) in [5, 5.41) is 3.36. The van der Waals surface area contributed by atoms with E-state index in [1.165, 1.54) is 10.9 Å². The number of nitrogens with zero attached hydrogens (tertiary/aromatic N) is 3. The van der Waals surface area contributed by atoms with Gasteiger partial charge in [-0.1, -0.05) is 24.3 Å². The Balaban J connectivity index is 1.56. The van der Waals surface area contributed by atoms with Crippen LogP contribution in [0.1, 0.15) is 11.1 Å². The van der Waals surface area contributed by atoms with Gasteiger partial charge >= 0.3 is 0 Å². The smallest absolute Gasteiger partial charge is 0.261 e. The SMILES string of the molecule is Cc1cccc2c(=O)n(CC(=O)NCc3ccc(OCCN(C)C)cc3)cnc12. The van der Waals surface area contributed by atoms with Crippen LogP contribution in [0.25, 0.3) is 10.9 Å².